The molecule has 0 radical (unpaired) electrons. The molecule has 2 aromatic heterocycles. The average Bonchev–Trinajstić information content (AvgIpc) is 3.26. The van der Waals surface area contributed by atoms with Crippen LogP contribution in [0.25, 0.3) is 0 Å². The number of nitriles is 1. The number of piperidine rings is 1. The highest BCUT2D eigenvalue weighted by Gasteiger charge is 2.40. The lowest BCUT2D eigenvalue weighted by atomic mass is 9.97. The van der Waals surface area contributed by atoms with E-state index in [4.69, 9.17) is 5.26 Å². The highest BCUT2D eigenvalue weighted by atomic mass is 32.1. The number of nitrogens with zero attached hydrogens (tertiary/aromatic N) is 4. The second kappa shape index (κ2) is 7.02. The molecular formula is C17H23N7S. The lowest BCUT2D eigenvalue weighted by Gasteiger charge is -2.38. The SMILES string of the molecule is Cc1cc(Nc2csc(N[C@@H]3C[C@H]4CC[C@@H](C3)N4CCC#N)n2)n[nH]1. The van der Waals surface area contributed by atoms with E-state index in [0.29, 0.717) is 24.5 Å². The van der Waals surface area contributed by atoms with Crippen LogP contribution in [0.2, 0.25) is 0 Å². The van der Waals surface area contributed by atoms with Gasteiger partial charge in [0, 0.05) is 48.2 Å². The van der Waals surface area contributed by atoms with Crippen LogP contribution in [0.3, 0.4) is 0 Å². The minimum absolute atomic E-state index is 0.475. The molecule has 3 atom stereocenters. The number of anilines is 3. The summed E-state index contributed by atoms with van der Waals surface area (Å²) in [6.45, 7) is 2.90. The zero-order valence-corrected chi connectivity index (χ0v) is 15.1. The number of H-pyrrole nitrogens is 1. The Kier molecular flexibility index (Phi) is 4.59. The number of aromatic amines is 1. The molecule has 4 rings (SSSR count). The van der Waals surface area contributed by atoms with Crippen LogP contribution in [0.4, 0.5) is 16.8 Å². The Morgan fingerprint density at radius 2 is 2.16 bits per heavy atom. The quantitative estimate of drug-likeness (QED) is 0.735. The van der Waals surface area contributed by atoms with E-state index in [1.807, 2.05) is 18.4 Å². The largest absolute Gasteiger partial charge is 0.359 e. The van der Waals surface area contributed by atoms with Gasteiger partial charge in [0.15, 0.2) is 10.9 Å². The second-order valence-corrected chi connectivity index (χ2v) is 7.80. The van der Waals surface area contributed by atoms with Gasteiger partial charge in [-0.25, -0.2) is 4.98 Å². The van der Waals surface area contributed by atoms with Crippen molar-refractivity contribution in [3.63, 3.8) is 0 Å². The van der Waals surface area contributed by atoms with Crippen molar-refractivity contribution in [2.75, 3.05) is 17.2 Å². The first-order valence-corrected chi connectivity index (χ1v) is 9.73. The van der Waals surface area contributed by atoms with E-state index in [2.05, 4.69) is 36.8 Å². The lowest BCUT2D eigenvalue weighted by molar-refractivity contribution is 0.136. The highest BCUT2D eigenvalue weighted by molar-refractivity contribution is 7.14. The van der Waals surface area contributed by atoms with Gasteiger partial charge in [0.2, 0.25) is 0 Å². The van der Waals surface area contributed by atoms with E-state index in [0.717, 1.165) is 41.8 Å². The van der Waals surface area contributed by atoms with Crippen molar-refractivity contribution in [2.24, 2.45) is 0 Å². The Morgan fingerprint density at radius 1 is 1.36 bits per heavy atom. The summed E-state index contributed by atoms with van der Waals surface area (Å²) in [7, 11) is 0. The van der Waals surface area contributed by atoms with Crippen LogP contribution in [0.5, 0.6) is 0 Å². The molecule has 7 nitrogen and oxygen atoms in total. The molecule has 0 aromatic carbocycles. The highest BCUT2D eigenvalue weighted by Crippen LogP contribution is 2.37. The monoisotopic (exact) mass is 357 g/mol. The maximum Gasteiger partial charge on any atom is 0.184 e. The summed E-state index contributed by atoms with van der Waals surface area (Å²) in [6.07, 6.45) is 5.44. The van der Waals surface area contributed by atoms with E-state index in [1.54, 1.807) is 11.3 Å². The van der Waals surface area contributed by atoms with Crippen molar-refractivity contribution in [2.45, 2.75) is 57.2 Å². The van der Waals surface area contributed by atoms with Crippen molar-refractivity contribution in [1.29, 1.82) is 5.26 Å². The molecular weight excluding hydrogens is 334 g/mol. The predicted molar refractivity (Wildman–Crippen MR) is 99.1 cm³/mol. The fraction of sp³-hybridized carbons (Fsp3) is 0.588. The van der Waals surface area contributed by atoms with Crippen molar-refractivity contribution in [1.82, 2.24) is 20.1 Å². The van der Waals surface area contributed by atoms with Crippen LogP contribution < -0.4 is 10.6 Å². The summed E-state index contributed by atoms with van der Waals surface area (Å²) in [5.74, 6) is 1.62. The van der Waals surface area contributed by atoms with Crippen LogP contribution >= 0.6 is 11.3 Å². The summed E-state index contributed by atoms with van der Waals surface area (Å²) in [4.78, 5) is 7.19. The zero-order chi connectivity index (χ0) is 17.2. The van der Waals surface area contributed by atoms with Crippen LogP contribution in [0.15, 0.2) is 11.4 Å². The normalized spacial score (nSPS) is 25.7. The van der Waals surface area contributed by atoms with E-state index in [1.165, 1.54) is 12.8 Å². The number of nitrogens with one attached hydrogen (secondary N) is 3. The Morgan fingerprint density at radius 3 is 2.84 bits per heavy atom. The van der Waals surface area contributed by atoms with Crippen molar-refractivity contribution in [3.8, 4) is 6.07 Å². The van der Waals surface area contributed by atoms with Gasteiger partial charge >= 0.3 is 0 Å². The van der Waals surface area contributed by atoms with E-state index >= 15 is 0 Å². The van der Waals surface area contributed by atoms with Crippen LogP contribution in [0, 0.1) is 18.3 Å². The number of fused-ring (bicyclic) bond motifs is 2. The van der Waals surface area contributed by atoms with Crippen LogP contribution in [-0.4, -0.2) is 44.8 Å². The van der Waals surface area contributed by atoms with Gasteiger partial charge in [-0.2, -0.15) is 10.4 Å². The molecule has 3 N–H and O–H groups in total. The van der Waals surface area contributed by atoms with Gasteiger partial charge in [-0.1, -0.05) is 0 Å². The number of aryl methyl sites for hydroxylation is 1. The number of thiazole rings is 1. The van der Waals surface area contributed by atoms with Crippen LogP contribution in [0.1, 0.15) is 37.8 Å². The number of hydrogen-bond donors (Lipinski definition) is 3. The maximum absolute atomic E-state index is 8.84. The van der Waals surface area contributed by atoms with E-state index < -0.39 is 0 Å². The number of aromatic nitrogens is 3. The summed E-state index contributed by atoms with van der Waals surface area (Å²) in [6, 6.07) is 5.95. The lowest BCUT2D eigenvalue weighted by Crippen LogP contribution is -2.47. The third kappa shape index (κ3) is 3.62. The second-order valence-electron chi connectivity index (χ2n) is 6.94. The summed E-state index contributed by atoms with van der Waals surface area (Å²) in [5.41, 5.74) is 1.02. The average molecular weight is 357 g/mol. The van der Waals surface area contributed by atoms with Gasteiger partial charge < -0.3 is 10.6 Å². The molecule has 2 aromatic rings. The van der Waals surface area contributed by atoms with Gasteiger partial charge in [-0.05, 0) is 32.6 Å². The van der Waals surface area contributed by atoms with E-state index in [9.17, 15) is 0 Å². The molecule has 0 saturated carbocycles. The first-order valence-electron chi connectivity index (χ1n) is 8.85. The molecule has 0 unspecified atom stereocenters. The first-order chi connectivity index (χ1) is 12.2. The Bertz CT molecular complexity index is 747. The number of hydrogen-bond acceptors (Lipinski definition) is 7. The van der Waals surface area contributed by atoms with Crippen molar-refractivity contribution in [3.05, 3.63) is 17.1 Å². The Hall–Kier alpha value is -2.11. The molecule has 0 spiro atoms. The number of rotatable bonds is 6. The standard InChI is InChI=1S/C17H23N7S/c1-11-7-15(23-22-11)20-16-10-25-17(21-16)19-12-8-13-3-4-14(9-12)24(13)6-2-5-18/h7,10,12-14H,2-4,6,8-9H2,1H3,(H,19,21)(H2,20,22,23)/t12-,13-,14+. The molecule has 2 aliphatic heterocycles. The Labute approximate surface area is 151 Å². The summed E-state index contributed by atoms with van der Waals surface area (Å²) < 4.78 is 0. The molecule has 0 aliphatic carbocycles. The topological polar surface area (TPSA) is 92.7 Å². The molecule has 2 fully saturated rings. The van der Waals surface area contributed by atoms with Gasteiger partial charge in [-0.15, -0.1) is 11.3 Å². The molecule has 2 bridgehead atoms. The predicted octanol–water partition coefficient (Wildman–Crippen LogP) is 3.24. The Balaban J connectivity index is 1.34. The molecule has 25 heavy (non-hydrogen) atoms. The minimum atomic E-state index is 0.475. The summed E-state index contributed by atoms with van der Waals surface area (Å²) >= 11 is 1.63. The molecule has 4 heterocycles. The molecule has 2 aliphatic rings. The fourth-order valence-electron chi connectivity index (χ4n) is 4.12. The van der Waals surface area contributed by atoms with Gasteiger partial charge in [0.25, 0.3) is 0 Å². The maximum atomic E-state index is 8.84. The van der Waals surface area contributed by atoms with Crippen molar-refractivity contribution >= 4 is 28.1 Å². The summed E-state index contributed by atoms with van der Waals surface area (Å²) in [5, 5.41) is 25.8. The van der Waals surface area contributed by atoms with Gasteiger partial charge in [0.1, 0.15) is 5.82 Å². The third-order valence-corrected chi connectivity index (χ3v) is 5.93. The molecule has 132 valence electrons. The van der Waals surface area contributed by atoms with E-state index in [-0.39, 0.29) is 0 Å². The first kappa shape index (κ1) is 16.4. The smallest absolute Gasteiger partial charge is 0.184 e. The van der Waals surface area contributed by atoms with Gasteiger partial charge in [0.05, 0.1) is 6.07 Å². The molecule has 8 heteroatoms. The molecule has 2 saturated heterocycles. The van der Waals surface area contributed by atoms with Gasteiger partial charge in [-0.3, -0.25) is 10.00 Å². The zero-order valence-electron chi connectivity index (χ0n) is 14.3. The van der Waals surface area contributed by atoms with Crippen molar-refractivity contribution < 1.29 is 0 Å². The fourth-order valence-corrected chi connectivity index (χ4v) is 4.84. The third-order valence-electron chi connectivity index (χ3n) is 5.16. The minimum Gasteiger partial charge on any atom is -0.359 e. The molecule has 0 amide bonds. The van der Waals surface area contributed by atoms with Crippen LogP contribution in [-0.2, 0) is 0 Å².